The van der Waals surface area contributed by atoms with E-state index < -0.39 is 0 Å². The molecule has 0 spiro atoms. The molecule has 1 heteroatoms. The number of hydrogen-bond acceptors (Lipinski definition) is 1. The zero-order chi connectivity index (χ0) is 39.7. The topological polar surface area (TPSA) is 0 Å². The van der Waals surface area contributed by atoms with Gasteiger partial charge in [-0.15, -0.1) is 11.3 Å². The van der Waals surface area contributed by atoms with Crippen LogP contribution in [0.25, 0.3) is 119 Å². The lowest BCUT2D eigenvalue weighted by Crippen LogP contribution is -2.14. The van der Waals surface area contributed by atoms with Gasteiger partial charge in [0.15, 0.2) is 0 Å². The average Bonchev–Trinajstić information content (AvgIpc) is 3.75. The molecule has 280 valence electrons. The van der Waals surface area contributed by atoms with Gasteiger partial charge in [-0.25, -0.2) is 0 Å². The summed E-state index contributed by atoms with van der Waals surface area (Å²) in [6.45, 7) is 4.74. The molecule has 0 N–H and O–H groups in total. The van der Waals surface area contributed by atoms with Crippen LogP contribution in [0.1, 0.15) is 25.0 Å². The second-order valence-corrected chi connectivity index (χ2v) is 18.3. The molecule has 0 bridgehead atoms. The van der Waals surface area contributed by atoms with E-state index in [9.17, 15) is 0 Å². The Morgan fingerprint density at radius 1 is 0.300 bits per heavy atom. The molecule has 1 aliphatic carbocycles. The molecule has 0 aliphatic heterocycles. The van der Waals surface area contributed by atoms with Crippen LogP contribution in [0, 0.1) is 0 Å². The van der Waals surface area contributed by atoms with E-state index in [0.717, 1.165) is 0 Å². The van der Waals surface area contributed by atoms with Gasteiger partial charge in [0, 0.05) is 25.6 Å². The fourth-order valence-corrected chi connectivity index (χ4v) is 11.9. The molecule has 0 saturated carbocycles. The first-order valence-corrected chi connectivity index (χ1v) is 21.8. The Kier molecular flexibility index (Phi) is 7.04. The number of rotatable bonds is 3. The van der Waals surface area contributed by atoms with Crippen LogP contribution >= 0.6 is 11.3 Å². The summed E-state index contributed by atoms with van der Waals surface area (Å²) in [5.41, 5.74) is 13.2. The van der Waals surface area contributed by atoms with Crippen LogP contribution in [0.3, 0.4) is 0 Å². The van der Waals surface area contributed by atoms with Gasteiger partial charge in [-0.2, -0.15) is 0 Å². The van der Waals surface area contributed by atoms with E-state index in [-0.39, 0.29) is 5.41 Å². The van der Waals surface area contributed by atoms with Crippen molar-refractivity contribution < 1.29 is 0 Å². The van der Waals surface area contributed by atoms with Crippen molar-refractivity contribution in [3.05, 3.63) is 205 Å². The lowest BCUT2D eigenvalue weighted by Gasteiger charge is -2.21. The second-order valence-electron chi connectivity index (χ2n) is 17.2. The SMILES string of the molecule is CC1(C)c2ccccc2-c2cc3c(cc21)sc1cc2cc(-c4ccc(-c5c6ccccc6c(-c6ccc7ccccc7c6)c6ccccc56)c5ccccc45)ccc2cc13. The minimum absolute atomic E-state index is 0.00420. The Morgan fingerprint density at radius 3 is 1.60 bits per heavy atom. The molecular weight excluding hydrogens is 741 g/mol. The van der Waals surface area contributed by atoms with Crippen molar-refractivity contribution in [2.24, 2.45) is 0 Å². The summed E-state index contributed by atoms with van der Waals surface area (Å²) in [6.07, 6.45) is 0. The van der Waals surface area contributed by atoms with Crippen LogP contribution in [0.15, 0.2) is 194 Å². The minimum Gasteiger partial charge on any atom is -0.135 e. The van der Waals surface area contributed by atoms with Gasteiger partial charge < -0.3 is 0 Å². The number of fused-ring (bicyclic) bond motifs is 11. The smallest absolute Gasteiger partial charge is 0.0361 e. The van der Waals surface area contributed by atoms with Crippen LogP contribution in [0.2, 0.25) is 0 Å². The van der Waals surface area contributed by atoms with Crippen LogP contribution < -0.4 is 0 Å². The summed E-state index contributed by atoms with van der Waals surface area (Å²) in [5.74, 6) is 0. The molecule has 0 fully saturated rings. The van der Waals surface area contributed by atoms with E-state index in [1.54, 1.807) is 0 Å². The molecule has 1 heterocycles. The summed E-state index contributed by atoms with van der Waals surface area (Å²) < 4.78 is 2.71. The van der Waals surface area contributed by atoms with Crippen LogP contribution in [-0.4, -0.2) is 0 Å². The first-order chi connectivity index (χ1) is 29.5. The lowest BCUT2D eigenvalue weighted by atomic mass is 9.82. The average molecular weight is 779 g/mol. The first-order valence-electron chi connectivity index (χ1n) is 21.0. The zero-order valence-electron chi connectivity index (χ0n) is 33.4. The van der Waals surface area contributed by atoms with Gasteiger partial charge in [-0.1, -0.05) is 172 Å². The van der Waals surface area contributed by atoms with Gasteiger partial charge in [-0.3, -0.25) is 0 Å². The quantitative estimate of drug-likeness (QED) is 0.157. The molecule has 11 aromatic carbocycles. The third-order valence-electron chi connectivity index (χ3n) is 13.6. The molecule has 1 aromatic heterocycles. The number of thiophene rings is 1. The van der Waals surface area contributed by atoms with E-state index in [0.29, 0.717) is 0 Å². The Morgan fingerprint density at radius 2 is 0.833 bits per heavy atom. The molecule has 13 rings (SSSR count). The monoisotopic (exact) mass is 778 g/mol. The van der Waals surface area contributed by atoms with Gasteiger partial charge >= 0.3 is 0 Å². The van der Waals surface area contributed by atoms with Crippen LogP contribution in [0.4, 0.5) is 0 Å². The number of hydrogen-bond donors (Lipinski definition) is 0. The Bertz CT molecular complexity index is 3750. The zero-order valence-corrected chi connectivity index (χ0v) is 34.2. The maximum Gasteiger partial charge on any atom is 0.0361 e. The highest BCUT2D eigenvalue weighted by Gasteiger charge is 2.35. The van der Waals surface area contributed by atoms with Gasteiger partial charge in [0.05, 0.1) is 0 Å². The van der Waals surface area contributed by atoms with Crippen molar-refractivity contribution >= 4 is 85.4 Å². The number of benzene rings is 11. The molecule has 12 aromatic rings. The predicted octanol–water partition coefficient (Wildman–Crippen LogP) is 17.1. The van der Waals surface area contributed by atoms with Crippen LogP contribution in [0.5, 0.6) is 0 Å². The highest BCUT2D eigenvalue weighted by Crippen LogP contribution is 2.52. The van der Waals surface area contributed by atoms with Gasteiger partial charge in [0.2, 0.25) is 0 Å². The van der Waals surface area contributed by atoms with E-state index in [1.165, 1.54) is 130 Å². The molecule has 0 atom stereocenters. The maximum atomic E-state index is 2.47. The lowest BCUT2D eigenvalue weighted by molar-refractivity contribution is 0.661. The van der Waals surface area contributed by atoms with Gasteiger partial charge in [0.25, 0.3) is 0 Å². The van der Waals surface area contributed by atoms with Crippen LogP contribution in [-0.2, 0) is 5.41 Å². The molecule has 0 unspecified atom stereocenters. The summed E-state index contributed by atoms with van der Waals surface area (Å²) in [5, 5.41) is 15.4. The summed E-state index contributed by atoms with van der Waals surface area (Å²) >= 11 is 1.93. The van der Waals surface area contributed by atoms with Crippen molar-refractivity contribution in [1.82, 2.24) is 0 Å². The minimum atomic E-state index is -0.00420. The summed E-state index contributed by atoms with van der Waals surface area (Å²) in [7, 11) is 0. The van der Waals surface area contributed by atoms with E-state index >= 15 is 0 Å². The maximum absolute atomic E-state index is 2.47. The largest absolute Gasteiger partial charge is 0.135 e. The third-order valence-corrected chi connectivity index (χ3v) is 14.7. The Balaban J connectivity index is 0.974. The predicted molar refractivity (Wildman–Crippen MR) is 261 cm³/mol. The Hall–Kier alpha value is -7.06. The normalized spacial score (nSPS) is 13.3. The molecule has 0 saturated heterocycles. The first kappa shape index (κ1) is 33.9. The molecule has 0 radical (unpaired) electrons. The van der Waals surface area contributed by atoms with Crippen molar-refractivity contribution in [2.45, 2.75) is 19.3 Å². The fraction of sp³-hybridized carbons (Fsp3) is 0.0508. The van der Waals surface area contributed by atoms with E-state index in [1.807, 2.05) is 11.3 Å². The summed E-state index contributed by atoms with van der Waals surface area (Å²) in [6, 6.07) is 73.1. The van der Waals surface area contributed by atoms with E-state index in [4.69, 9.17) is 0 Å². The molecule has 1 aliphatic rings. The van der Waals surface area contributed by atoms with Gasteiger partial charge in [0.1, 0.15) is 0 Å². The summed E-state index contributed by atoms with van der Waals surface area (Å²) in [4.78, 5) is 0. The highest BCUT2D eigenvalue weighted by atomic mass is 32.1. The van der Waals surface area contributed by atoms with Crippen molar-refractivity contribution in [1.29, 1.82) is 0 Å². The van der Waals surface area contributed by atoms with E-state index in [2.05, 4.69) is 208 Å². The molecular formula is C59H38S. The van der Waals surface area contributed by atoms with Crippen molar-refractivity contribution in [3.63, 3.8) is 0 Å². The fourth-order valence-electron chi connectivity index (χ4n) is 10.7. The van der Waals surface area contributed by atoms with Crippen molar-refractivity contribution in [2.75, 3.05) is 0 Å². The molecule has 60 heavy (non-hydrogen) atoms. The second kappa shape index (κ2) is 12.5. The highest BCUT2D eigenvalue weighted by molar-refractivity contribution is 7.25. The standard InChI is InChI=1S/C59H38S/c1-59(2)53-22-12-11-17-44(53)50-33-52-51-31-37-24-25-38(30-40(37)32-55(51)60-56(52)34-54(50)59)41-27-28-49(43-16-6-5-15-42(41)43)58-47-20-9-7-18-45(47)57(46-19-8-10-21-48(46)58)39-26-23-35-13-3-4-14-36(35)29-39/h3-34H,1-2H3. The van der Waals surface area contributed by atoms with Gasteiger partial charge in [-0.05, 0) is 146 Å². The Labute approximate surface area is 352 Å². The molecule has 0 amide bonds. The molecule has 0 nitrogen and oxygen atoms in total. The third kappa shape index (κ3) is 4.79. The van der Waals surface area contributed by atoms with Crippen molar-refractivity contribution in [3.8, 4) is 44.5 Å².